The van der Waals surface area contributed by atoms with Crippen molar-refractivity contribution in [1.29, 1.82) is 0 Å². The fourth-order valence-electron chi connectivity index (χ4n) is 1.95. The van der Waals surface area contributed by atoms with Gasteiger partial charge in [0.15, 0.2) is 5.78 Å². The number of allylic oxidation sites excluding steroid dienone is 1. The second-order valence-electron chi connectivity index (χ2n) is 4.38. The molecule has 1 heterocycles. The number of Topliss-reactive ketones (excluding diaryl/α,β-unsaturated/α-hetero) is 1. The van der Waals surface area contributed by atoms with Gasteiger partial charge >= 0.3 is 0 Å². The van der Waals surface area contributed by atoms with E-state index in [0.29, 0.717) is 13.0 Å². The van der Waals surface area contributed by atoms with Crippen LogP contribution >= 0.6 is 44.7 Å². The van der Waals surface area contributed by atoms with Crippen LogP contribution in [0.25, 0.3) is 0 Å². The first kappa shape index (κ1) is 17.8. The number of carbonyl (C=O) groups is 1. The summed E-state index contributed by atoms with van der Waals surface area (Å²) in [6.07, 6.45) is 0.680. The average Bonchev–Trinajstić information content (AvgIpc) is 2.73. The molecule has 3 nitrogen and oxygen atoms in total. The fourth-order valence-corrected chi connectivity index (χ4v) is 3.39. The largest absolute Gasteiger partial charge is 0.396 e. The summed E-state index contributed by atoms with van der Waals surface area (Å²) in [6, 6.07) is 7.43. The third-order valence-electron chi connectivity index (χ3n) is 3.11. The van der Waals surface area contributed by atoms with Crippen molar-refractivity contribution in [2.45, 2.75) is 13.3 Å². The number of ketones is 1. The molecule has 110 valence electrons. The first-order chi connectivity index (χ1) is 9.11. The van der Waals surface area contributed by atoms with Crippen LogP contribution in [0.15, 0.2) is 39.3 Å². The second kappa shape index (κ2) is 8.22. The SMILES string of the molecule is Br.CC1=C(CCO)SCN1CC(=O)c1ccc(Br)cc1. The molecule has 0 amide bonds. The van der Waals surface area contributed by atoms with Gasteiger partial charge in [-0.3, -0.25) is 4.79 Å². The lowest BCUT2D eigenvalue weighted by atomic mass is 10.1. The first-order valence-electron chi connectivity index (χ1n) is 6.09. The standard InChI is InChI=1S/C14H16BrNO2S.BrH/c1-10-14(6-7-17)19-9-16(10)8-13(18)11-2-4-12(15)5-3-11;/h2-5,17H,6-9H2,1H3;1H. The Balaban J connectivity index is 0.00000200. The predicted molar refractivity (Wildman–Crippen MR) is 92.4 cm³/mol. The lowest BCUT2D eigenvalue weighted by Crippen LogP contribution is -2.25. The molecule has 6 heteroatoms. The minimum absolute atomic E-state index is 0. The number of benzene rings is 1. The van der Waals surface area contributed by atoms with Crippen molar-refractivity contribution in [2.75, 3.05) is 19.0 Å². The quantitative estimate of drug-likeness (QED) is 0.732. The molecule has 1 N–H and O–H groups in total. The van der Waals surface area contributed by atoms with Crippen LogP contribution in [0.5, 0.6) is 0 Å². The normalized spacial score (nSPS) is 14.4. The van der Waals surface area contributed by atoms with Gasteiger partial charge in [0.05, 0.1) is 12.4 Å². The molecule has 1 aliphatic heterocycles. The topological polar surface area (TPSA) is 40.5 Å². The Bertz CT molecular complexity index is 502. The molecule has 1 aliphatic rings. The van der Waals surface area contributed by atoms with Crippen LogP contribution in [0.2, 0.25) is 0 Å². The van der Waals surface area contributed by atoms with Crippen molar-refractivity contribution in [1.82, 2.24) is 4.90 Å². The summed E-state index contributed by atoms with van der Waals surface area (Å²) in [6.45, 7) is 2.57. The summed E-state index contributed by atoms with van der Waals surface area (Å²) in [7, 11) is 0. The third kappa shape index (κ3) is 4.35. The number of halogens is 2. The summed E-state index contributed by atoms with van der Waals surface area (Å²) in [4.78, 5) is 15.4. The van der Waals surface area contributed by atoms with Crippen LogP contribution < -0.4 is 0 Å². The van der Waals surface area contributed by atoms with Gasteiger partial charge in [-0.05, 0) is 19.1 Å². The van der Waals surface area contributed by atoms with Gasteiger partial charge in [-0.25, -0.2) is 0 Å². The lowest BCUT2D eigenvalue weighted by molar-refractivity contribution is 0.0958. The summed E-state index contributed by atoms with van der Waals surface area (Å²) < 4.78 is 0.974. The van der Waals surface area contributed by atoms with Gasteiger partial charge < -0.3 is 10.0 Å². The minimum Gasteiger partial charge on any atom is -0.396 e. The highest BCUT2D eigenvalue weighted by molar-refractivity contribution is 9.10. The Morgan fingerprint density at radius 2 is 2.05 bits per heavy atom. The van der Waals surface area contributed by atoms with E-state index in [1.807, 2.05) is 31.2 Å². The number of nitrogens with zero attached hydrogens (tertiary/aromatic N) is 1. The van der Waals surface area contributed by atoms with Crippen molar-refractivity contribution in [3.05, 3.63) is 44.9 Å². The highest BCUT2D eigenvalue weighted by Gasteiger charge is 2.21. The molecule has 0 bridgehead atoms. The van der Waals surface area contributed by atoms with E-state index >= 15 is 0 Å². The molecule has 0 saturated heterocycles. The Labute approximate surface area is 142 Å². The number of aliphatic hydroxyl groups excluding tert-OH is 1. The van der Waals surface area contributed by atoms with Crippen molar-refractivity contribution in [3.63, 3.8) is 0 Å². The molecule has 0 spiro atoms. The molecule has 0 fully saturated rings. The first-order valence-corrected chi connectivity index (χ1v) is 7.87. The number of rotatable bonds is 5. The molecule has 2 rings (SSSR count). The molecule has 1 aromatic rings. The van der Waals surface area contributed by atoms with Gasteiger partial charge in [-0.1, -0.05) is 28.1 Å². The van der Waals surface area contributed by atoms with E-state index in [4.69, 9.17) is 5.11 Å². The van der Waals surface area contributed by atoms with Crippen molar-refractivity contribution < 1.29 is 9.90 Å². The summed E-state index contributed by atoms with van der Waals surface area (Å²) in [5, 5.41) is 8.98. The number of hydrogen-bond donors (Lipinski definition) is 1. The van der Waals surface area contributed by atoms with E-state index in [0.717, 1.165) is 21.6 Å². The van der Waals surface area contributed by atoms with Gasteiger partial charge in [-0.2, -0.15) is 0 Å². The van der Waals surface area contributed by atoms with Gasteiger partial charge in [0.2, 0.25) is 0 Å². The van der Waals surface area contributed by atoms with Gasteiger partial charge in [0.1, 0.15) is 0 Å². The van der Waals surface area contributed by atoms with Crippen LogP contribution in [0.3, 0.4) is 0 Å². The van der Waals surface area contributed by atoms with E-state index < -0.39 is 0 Å². The van der Waals surface area contributed by atoms with E-state index in [1.54, 1.807) is 11.8 Å². The molecule has 0 atom stereocenters. The maximum atomic E-state index is 12.2. The van der Waals surface area contributed by atoms with Gasteiger partial charge in [0.25, 0.3) is 0 Å². The highest BCUT2D eigenvalue weighted by Crippen LogP contribution is 2.33. The maximum absolute atomic E-state index is 12.2. The maximum Gasteiger partial charge on any atom is 0.182 e. The molecular weight excluding hydrogens is 406 g/mol. The minimum atomic E-state index is 0. The van der Waals surface area contributed by atoms with Crippen molar-refractivity contribution in [2.24, 2.45) is 0 Å². The third-order valence-corrected chi connectivity index (χ3v) is 4.93. The van der Waals surface area contributed by atoms with Gasteiger partial charge in [0, 0.05) is 33.7 Å². The molecule has 0 aliphatic carbocycles. The molecule has 0 radical (unpaired) electrons. The zero-order chi connectivity index (χ0) is 13.8. The molecule has 20 heavy (non-hydrogen) atoms. The van der Waals surface area contributed by atoms with Crippen LogP contribution in [0.4, 0.5) is 0 Å². The number of hydrogen-bond acceptors (Lipinski definition) is 4. The highest BCUT2D eigenvalue weighted by atomic mass is 79.9. The molecule has 0 unspecified atom stereocenters. The number of carbonyl (C=O) groups excluding carboxylic acids is 1. The van der Waals surface area contributed by atoms with Crippen LogP contribution in [-0.4, -0.2) is 34.8 Å². The molecule has 1 aromatic carbocycles. The Morgan fingerprint density at radius 1 is 1.40 bits per heavy atom. The monoisotopic (exact) mass is 421 g/mol. The van der Waals surface area contributed by atoms with Crippen LogP contribution in [0, 0.1) is 0 Å². The lowest BCUT2D eigenvalue weighted by Gasteiger charge is -2.18. The molecular formula is C14H17Br2NO2S. The number of aliphatic hydroxyl groups is 1. The van der Waals surface area contributed by atoms with E-state index in [1.165, 1.54) is 4.91 Å². The average molecular weight is 423 g/mol. The summed E-state index contributed by atoms with van der Waals surface area (Å²) in [5.74, 6) is 0.918. The van der Waals surface area contributed by atoms with E-state index in [2.05, 4.69) is 20.8 Å². The summed E-state index contributed by atoms with van der Waals surface area (Å²) in [5.41, 5.74) is 1.85. The Kier molecular flexibility index (Phi) is 7.29. The van der Waals surface area contributed by atoms with Gasteiger partial charge in [-0.15, -0.1) is 28.7 Å². The van der Waals surface area contributed by atoms with Crippen LogP contribution in [0.1, 0.15) is 23.7 Å². The van der Waals surface area contributed by atoms with Crippen LogP contribution in [-0.2, 0) is 0 Å². The molecule has 0 saturated carbocycles. The second-order valence-corrected chi connectivity index (χ2v) is 6.34. The molecule has 0 aromatic heterocycles. The predicted octanol–water partition coefficient (Wildman–Crippen LogP) is 3.83. The number of thioether (sulfide) groups is 1. The summed E-state index contributed by atoms with van der Waals surface area (Å²) >= 11 is 5.07. The van der Waals surface area contributed by atoms with Crippen molar-refractivity contribution >= 4 is 50.5 Å². The van der Waals surface area contributed by atoms with E-state index in [9.17, 15) is 4.79 Å². The fraction of sp³-hybridized carbons (Fsp3) is 0.357. The van der Waals surface area contributed by atoms with E-state index in [-0.39, 0.29) is 29.4 Å². The zero-order valence-electron chi connectivity index (χ0n) is 11.1. The zero-order valence-corrected chi connectivity index (χ0v) is 15.3. The smallest absolute Gasteiger partial charge is 0.182 e. The van der Waals surface area contributed by atoms with Crippen molar-refractivity contribution in [3.8, 4) is 0 Å². The Morgan fingerprint density at radius 3 is 2.65 bits per heavy atom. The Hall–Kier alpha value is -0.300.